The van der Waals surface area contributed by atoms with Crippen molar-refractivity contribution in [3.05, 3.63) is 59.6 Å². The lowest BCUT2D eigenvalue weighted by Gasteiger charge is -2.09. The van der Waals surface area contributed by atoms with Crippen molar-refractivity contribution in [3.8, 4) is 0 Å². The zero-order chi connectivity index (χ0) is 19.4. The molecule has 1 heterocycles. The van der Waals surface area contributed by atoms with E-state index in [1.54, 1.807) is 31.3 Å². The first-order valence-electron chi connectivity index (χ1n) is 8.28. The maximum Gasteiger partial charge on any atom is 0.280 e. The molecule has 9 heteroatoms. The molecule has 1 amide bonds. The number of likely N-dealkylation sites (N-methyl/N-ethyl adjacent to an activating group) is 1. The summed E-state index contributed by atoms with van der Waals surface area (Å²) in [5.41, 5.74) is 4.53. The fourth-order valence-corrected chi connectivity index (χ4v) is 2.47. The lowest BCUT2D eigenvalue weighted by atomic mass is 10.2. The quantitative estimate of drug-likeness (QED) is 0.558. The Morgan fingerprint density at radius 2 is 1.93 bits per heavy atom. The number of anilines is 2. The molecule has 0 saturated heterocycles. The molecule has 0 spiro atoms. The molecule has 1 fully saturated rings. The van der Waals surface area contributed by atoms with Gasteiger partial charge in [0, 0.05) is 24.6 Å². The Hall–Kier alpha value is -3.20. The van der Waals surface area contributed by atoms with Crippen LogP contribution in [0, 0.1) is 0 Å². The number of carbonyl (C=O) groups excluding carboxylic acids is 1. The third-order valence-electron chi connectivity index (χ3n) is 4.05. The molecule has 0 atom stereocenters. The number of hydrogen-bond donors (Lipinski definition) is 4. The summed E-state index contributed by atoms with van der Waals surface area (Å²) in [6.07, 6.45) is 2.89. The van der Waals surface area contributed by atoms with Crippen LogP contribution in [0.2, 0.25) is 0 Å². The Kier molecular flexibility index (Phi) is 5.51. The van der Waals surface area contributed by atoms with Crippen molar-refractivity contribution in [1.82, 2.24) is 15.1 Å². The molecule has 1 aliphatic carbocycles. The van der Waals surface area contributed by atoms with Gasteiger partial charge in [-0.2, -0.15) is 5.10 Å². The number of amides is 1. The Morgan fingerprint density at radius 1 is 1.26 bits per heavy atom. The van der Waals surface area contributed by atoms with Gasteiger partial charge in [0.2, 0.25) is 0 Å². The second kappa shape index (κ2) is 8.00. The standard InChI is InChI=1S/C18H19F2N5O2/c1-21-15(11-2-3-11)8-16(17(19)20)25-10-12(9-22-25)18(26)23-13-4-6-14(24-27)7-5-13/h4-10,17,21,24,27H,2-3H2,1H3,(H,23,26)/b16-8-. The summed E-state index contributed by atoms with van der Waals surface area (Å²) in [5, 5.41) is 18.3. The number of halogens is 2. The van der Waals surface area contributed by atoms with Crippen molar-refractivity contribution in [3.63, 3.8) is 0 Å². The van der Waals surface area contributed by atoms with Gasteiger partial charge in [-0.25, -0.2) is 13.5 Å². The molecule has 142 valence electrons. The molecule has 0 bridgehead atoms. The predicted octanol–water partition coefficient (Wildman–Crippen LogP) is 3.31. The fraction of sp³-hybridized carbons (Fsp3) is 0.222. The van der Waals surface area contributed by atoms with Crippen molar-refractivity contribution in [2.75, 3.05) is 17.8 Å². The summed E-state index contributed by atoms with van der Waals surface area (Å²) >= 11 is 0. The number of allylic oxidation sites excluding steroid dienone is 3. The average molecular weight is 375 g/mol. The van der Waals surface area contributed by atoms with E-state index < -0.39 is 12.3 Å². The van der Waals surface area contributed by atoms with Crippen molar-refractivity contribution >= 4 is 23.0 Å². The Labute approximate surface area is 154 Å². The lowest BCUT2D eigenvalue weighted by molar-refractivity contribution is 0.102. The second-order valence-corrected chi connectivity index (χ2v) is 5.95. The normalized spacial score (nSPS) is 13.5. The third kappa shape index (κ3) is 4.50. The number of benzene rings is 1. The van der Waals surface area contributed by atoms with E-state index in [4.69, 9.17) is 5.21 Å². The van der Waals surface area contributed by atoms with Crippen molar-refractivity contribution in [2.45, 2.75) is 19.3 Å². The number of carbonyl (C=O) groups is 1. The van der Waals surface area contributed by atoms with Crippen LogP contribution in [0.25, 0.3) is 5.70 Å². The maximum absolute atomic E-state index is 13.5. The summed E-state index contributed by atoms with van der Waals surface area (Å²) in [5.74, 6) is -0.478. The van der Waals surface area contributed by atoms with E-state index in [1.165, 1.54) is 18.5 Å². The summed E-state index contributed by atoms with van der Waals surface area (Å²) in [6.45, 7) is 0. The Morgan fingerprint density at radius 3 is 2.48 bits per heavy atom. The molecule has 2 aromatic rings. The van der Waals surface area contributed by atoms with Gasteiger partial charge in [0.25, 0.3) is 12.3 Å². The number of hydrogen-bond acceptors (Lipinski definition) is 5. The SMILES string of the molecule is CNC(/C=C(/C(F)F)n1cc(C(=O)Nc2ccc(NO)cc2)cn1)=C1CC1. The van der Waals surface area contributed by atoms with Crippen LogP contribution in [0.1, 0.15) is 23.2 Å². The van der Waals surface area contributed by atoms with Crippen LogP contribution in [-0.2, 0) is 0 Å². The molecule has 1 aromatic heterocycles. The summed E-state index contributed by atoms with van der Waals surface area (Å²) < 4.78 is 28.0. The summed E-state index contributed by atoms with van der Waals surface area (Å²) in [6, 6.07) is 6.32. The van der Waals surface area contributed by atoms with Gasteiger partial charge in [-0.1, -0.05) is 0 Å². The maximum atomic E-state index is 13.5. The molecule has 3 rings (SSSR count). The van der Waals surface area contributed by atoms with Crippen LogP contribution >= 0.6 is 0 Å². The molecule has 1 aromatic carbocycles. The largest absolute Gasteiger partial charge is 0.388 e. The second-order valence-electron chi connectivity index (χ2n) is 5.95. The minimum atomic E-state index is -2.75. The smallest absolute Gasteiger partial charge is 0.280 e. The number of nitrogens with zero attached hydrogens (tertiary/aromatic N) is 2. The topological polar surface area (TPSA) is 91.2 Å². The number of rotatable bonds is 7. The first-order valence-corrected chi connectivity index (χ1v) is 8.28. The van der Waals surface area contributed by atoms with E-state index in [0.29, 0.717) is 17.1 Å². The van der Waals surface area contributed by atoms with E-state index in [-0.39, 0.29) is 11.3 Å². The molecule has 0 aliphatic heterocycles. The molecule has 27 heavy (non-hydrogen) atoms. The molecule has 1 saturated carbocycles. The zero-order valence-electron chi connectivity index (χ0n) is 14.5. The highest BCUT2D eigenvalue weighted by Gasteiger charge is 2.21. The number of aromatic nitrogens is 2. The molecule has 1 aliphatic rings. The van der Waals surface area contributed by atoms with Gasteiger partial charge in [-0.05, 0) is 48.8 Å². The molecule has 7 nitrogen and oxygen atoms in total. The monoisotopic (exact) mass is 375 g/mol. The van der Waals surface area contributed by atoms with Gasteiger partial charge in [-0.3, -0.25) is 15.5 Å². The fourth-order valence-electron chi connectivity index (χ4n) is 2.47. The Bertz CT molecular complexity index is 881. The lowest BCUT2D eigenvalue weighted by Crippen LogP contribution is -2.12. The Balaban J connectivity index is 1.78. The van der Waals surface area contributed by atoms with Gasteiger partial charge >= 0.3 is 0 Å². The van der Waals surface area contributed by atoms with Gasteiger partial charge in [0.05, 0.1) is 17.4 Å². The summed E-state index contributed by atoms with van der Waals surface area (Å²) in [7, 11) is 1.68. The number of alkyl halides is 2. The molecular formula is C18H19F2N5O2. The minimum Gasteiger partial charge on any atom is -0.388 e. The predicted molar refractivity (Wildman–Crippen MR) is 97.6 cm³/mol. The van der Waals surface area contributed by atoms with Gasteiger partial charge in [-0.15, -0.1) is 0 Å². The molecule has 0 unspecified atom stereocenters. The molecule has 4 N–H and O–H groups in total. The van der Waals surface area contributed by atoms with Gasteiger partial charge < -0.3 is 10.6 Å². The highest BCUT2D eigenvalue weighted by atomic mass is 19.3. The third-order valence-corrected chi connectivity index (χ3v) is 4.05. The summed E-state index contributed by atoms with van der Waals surface area (Å²) in [4.78, 5) is 12.3. The van der Waals surface area contributed by atoms with E-state index in [1.807, 2.05) is 5.48 Å². The zero-order valence-corrected chi connectivity index (χ0v) is 14.5. The average Bonchev–Trinajstić information content (AvgIpc) is 3.39. The first kappa shape index (κ1) is 18.6. The van der Waals surface area contributed by atoms with Crippen LogP contribution < -0.4 is 16.1 Å². The van der Waals surface area contributed by atoms with Gasteiger partial charge in [0.15, 0.2) is 0 Å². The van der Waals surface area contributed by atoms with Crippen LogP contribution in [-0.4, -0.2) is 34.4 Å². The van der Waals surface area contributed by atoms with Crippen LogP contribution in [0.3, 0.4) is 0 Å². The number of nitrogens with one attached hydrogen (secondary N) is 3. The first-order chi connectivity index (χ1) is 13.0. The minimum absolute atomic E-state index is 0.149. The highest BCUT2D eigenvalue weighted by molar-refractivity contribution is 6.04. The van der Waals surface area contributed by atoms with Crippen molar-refractivity contribution in [1.29, 1.82) is 0 Å². The van der Waals surface area contributed by atoms with E-state index in [2.05, 4.69) is 15.7 Å². The van der Waals surface area contributed by atoms with E-state index in [9.17, 15) is 13.6 Å². The van der Waals surface area contributed by atoms with Crippen LogP contribution in [0.4, 0.5) is 20.2 Å². The molecule has 0 radical (unpaired) electrons. The van der Waals surface area contributed by atoms with Gasteiger partial charge in [0.1, 0.15) is 5.70 Å². The molecular weight excluding hydrogens is 356 g/mol. The van der Waals surface area contributed by atoms with Crippen LogP contribution in [0.5, 0.6) is 0 Å². The van der Waals surface area contributed by atoms with Crippen molar-refractivity contribution in [2.24, 2.45) is 0 Å². The highest BCUT2D eigenvalue weighted by Crippen LogP contribution is 2.32. The van der Waals surface area contributed by atoms with Crippen molar-refractivity contribution < 1.29 is 18.8 Å². The van der Waals surface area contributed by atoms with E-state index >= 15 is 0 Å². The van der Waals surface area contributed by atoms with Crippen LogP contribution in [0.15, 0.2) is 54.0 Å². The van der Waals surface area contributed by atoms with E-state index in [0.717, 1.165) is 23.1 Å².